The molecular weight excluding hydrogens is 267 g/mol. The number of nitrogens with zero attached hydrogens (tertiary/aromatic N) is 2. The van der Waals surface area contributed by atoms with Gasteiger partial charge < -0.3 is 18.9 Å². The second kappa shape index (κ2) is 4.97. The molecule has 1 aromatic heterocycles. The molecule has 6 heteroatoms. The highest BCUT2D eigenvalue weighted by Crippen LogP contribution is 2.36. The third kappa shape index (κ3) is 2.56. The zero-order valence-corrected chi connectivity index (χ0v) is 12.2. The van der Waals surface area contributed by atoms with E-state index in [1.807, 2.05) is 0 Å². The topological polar surface area (TPSA) is 43.8 Å². The van der Waals surface area contributed by atoms with Gasteiger partial charge in [-0.2, -0.15) is 0 Å². The lowest BCUT2D eigenvalue weighted by molar-refractivity contribution is 0.00578. The van der Waals surface area contributed by atoms with Crippen LogP contribution in [-0.2, 0) is 14.0 Å². The maximum atomic E-state index is 8.52. The van der Waals surface area contributed by atoms with Crippen LogP contribution in [0, 0.1) is 0 Å². The number of hydrogen-bond acceptors (Lipinski definition) is 5. The van der Waals surface area contributed by atoms with Gasteiger partial charge in [0.05, 0.1) is 38.0 Å². The Labute approximate surface area is 142 Å². The van der Waals surface area contributed by atoms with Gasteiger partial charge in [-0.15, -0.1) is 0 Å². The molecule has 2 aliphatic heterocycles. The summed E-state index contributed by atoms with van der Waals surface area (Å²) < 4.78 is 103. The molecule has 0 aromatic carbocycles. The van der Waals surface area contributed by atoms with Crippen LogP contribution in [0.2, 0.25) is 0 Å². The molecule has 0 atom stereocenters. The maximum absolute atomic E-state index is 8.52. The van der Waals surface area contributed by atoms with Crippen molar-refractivity contribution in [1.29, 1.82) is 0 Å². The van der Waals surface area contributed by atoms with Crippen LogP contribution < -0.4 is 10.5 Å². The fourth-order valence-corrected chi connectivity index (χ4v) is 1.86. The van der Waals surface area contributed by atoms with Crippen LogP contribution in [0.4, 0.5) is 5.69 Å². The van der Waals surface area contributed by atoms with Crippen molar-refractivity contribution < 1.29 is 29.1 Å². The molecule has 21 heavy (non-hydrogen) atoms. The maximum Gasteiger partial charge on any atom is 0.514 e. The van der Waals surface area contributed by atoms with E-state index >= 15 is 0 Å². The lowest BCUT2D eigenvalue weighted by atomic mass is 9.84. The highest BCUT2D eigenvalue weighted by Gasteiger charge is 2.52. The molecule has 0 amide bonds. The smallest absolute Gasteiger partial charge is 0.398 e. The van der Waals surface area contributed by atoms with Gasteiger partial charge in [-0.3, -0.25) is 4.98 Å². The molecule has 2 fully saturated rings. The van der Waals surface area contributed by atoms with Crippen LogP contribution in [-0.4, -0.2) is 49.4 Å². The second-order valence-electron chi connectivity index (χ2n) is 5.79. The number of hydrogen-bond donors (Lipinski definition) is 0. The van der Waals surface area contributed by atoms with Gasteiger partial charge in [0, 0.05) is 31.9 Å². The van der Waals surface area contributed by atoms with Crippen LogP contribution in [0.25, 0.3) is 0 Å². The number of pyridine rings is 1. The van der Waals surface area contributed by atoms with E-state index in [1.165, 1.54) is 0 Å². The standard InChI is InChI=1S/C15H23BN2O3/c1-14(2)15(3,4)21-16(20-14)13-8-11(6-7-17-13)18-9-12(10-18)19-5/h6-8,12H,9-10H2,1-5H3/i5D3,6D,7D,8D,9D2,10D2,12D. The molecule has 5 nitrogen and oxygen atoms in total. The highest BCUT2D eigenvalue weighted by atomic mass is 16.7. The molecule has 0 radical (unpaired) electrons. The molecule has 3 heterocycles. The predicted molar refractivity (Wildman–Crippen MR) is 83.0 cm³/mol. The Morgan fingerprint density at radius 2 is 2.14 bits per heavy atom. The normalized spacial score (nSPS) is 38.8. The van der Waals surface area contributed by atoms with Crippen molar-refractivity contribution in [2.24, 2.45) is 0 Å². The summed E-state index contributed by atoms with van der Waals surface area (Å²) in [6, 6.07) is -1.42. The fraction of sp³-hybridized carbons (Fsp3) is 0.667. The monoisotopic (exact) mass is 301 g/mol. The minimum absolute atomic E-state index is 0.262. The Kier molecular flexibility index (Phi) is 1.55. The number of methoxy groups -OCH3 is 1. The van der Waals surface area contributed by atoms with Gasteiger partial charge in [0.15, 0.2) is 0 Å². The summed E-state index contributed by atoms with van der Waals surface area (Å²) in [5.74, 6) is 0. The average Bonchev–Trinajstić information content (AvgIpc) is 2.79. The Balaban J connectivity index is 2.14. The van der Waals surface area contributed by atoms with Crippen molar-refractivity contribution in [1.82, 2.24) is 4.98 Å². The van der Waals surface area contributed by atoms with E-state index in [4.69, 9.17) is 24.4 Å². The SMILES string of the molecule is [2H]c1nc(B2OC(C)(C)C(C)(C)O2)c([2H])c(N2C([2H])([2H])C([2H])(OC([2H])([2H])[2H])C2([2H])[2H])c1[2H]. The summed E-state index contributed by atoms with van der Waals surface area (Å²) in [6.07, 6.45) is -3.91. The molecule has 1 aromatic rings. The van der Waals surface area contributed by atoms with Gasteiger partial charge in [-0.05, 0) is 39.8 Å². The molecule has 3 rings (SSSR count). The van der Waals surface area contributed by atoms with E-state index in [9.17, 15) is 0 Å². The van der Waals surface area contributed by atoms with Crippen molar-refractivity contribution in [2.75, 3.05) is 24.9 Å². The fourth-order valence-electron chi connectivity index (χ4n) is 1.86. The van der Waals surface area contributed by atoms with E-state index in [2.05, 4.69) is 9.72 Å². The Bertz CT molecular complexity index is 922. The van der Waals surface area contributed by atoms with Crippen LogP contribution in [0.15, 0.2) is 18.3 Å². The first-order valence-corrected chi connectivity index (χ1v) is 6.44. The molecule has 2 aliphatic rings. The molecule has 114 valence electrons. The quantitative estimate of drug-likeness (QED) is 0.785. The van der Waals surface area contributed by atoms with E-state index < -0.39 is 68.4 Å². The number of ether oxygens (including phenoxy) is 1. The molecular formula is C15H23BN2O3. The number of aromatic nitrogens is 1. The Morgan fingerprint density at radius 3 is 2.76 bits per heavy atom. The van der Waals surface area contributed by atoms with Crippen molar-refractivity contribution in [3.05, 3.63) is 18.3 Å². The summed E-state index contributed by atoms with van der Waals surface area (Å²) >= 11 is 0. The lowest BCUT2D eigenvalue weighted by Gasteiger charge is -2.40. The summed E-state index contributed by atoms with van der Waals surface area (Å²) in [6.45, 7) is 0.738. The summed E-state index contributed by atoms with van der Waals surface area (Å²) in [5.41, 5.74) is -2.64. The predicted octanol–water partition coefficient (Wildman–Crippen LogP) is 1.22. The number of anilines is 1. The lowest BCUT2D eigenvalue weighted by Crippen LogP contribution is -2.52. The van der Waals surface area contributed by atoms with E-state index in [1.54, 1.807) is 27.7 Å². The minimum atomic E-state index is -3.28. The van der Waals surface area contributed by atoms with Gasteiger partial charge in [-0.1, -0.05) is 0 Å². The molecule has 0 saturated carbocycles. The van der Waals surface area contributed by atoms with Crippen LogP contribution >= 0.6 is 0 Å². The van der Waals surface area contributed by atoms with Gasteiger partial charge in [-0.25, -0.2) is 0 Å². The third-order valence-electron chi connectivity index (χ3n) is 3.83. The molecule has 2 saturated heterocycles. The van der Waals surface area contributed by atoms with Gasteiger partial charge >= 0.3 is 7.12 Å². The first kappa shape index (κ1) is 6.56. The summed E-state index contributed by atoms with van der Waals surface area (Å²) in [4.78, 5) is 4.14. The van der Waals surface area contributed by atoms with E-state index in [-0.39, 0.29) is 10.5 Å². The van der Waals surface area contributed by atoms with Crippen LogP contribution in [0.5, 0.6) is 0 Å². The van der Waals surface area contributed by atoms with E-state index in [0.29, 0.717) is 0 Å². The van der Waals surface area contributed by atoms with Crippen molar-refractivity contribution in [2.45, 2.75) is 45.0 Å². The van der Waals surface area contributed by atoms with Gasteiger partial charge in [0.25, 0.3) is 0 Å². The van der Waals surface area contributed by atoms with Gasteiger partial charge in [0.1, 0.15) is 0 Å². The molecule has 0 spiro atoms. The third-order valence-corrected chi connectivity index (χ3v) is 3.83. The van der Waals surface area contributed by atoms with E-state index in [0.717, 1.165) is 0 Å². The summed E-state index contributed by atoms with van der Waals surface area (Å²) in [7, 11) is -4.54. The Morgan fingerprint density at radius 1 is 1.48 bits per heavy atom. The zero-order chi connectivity index (χ0) is 24.9. The van der Waals surface area contributed by atoms with Crippen molar-refractivity contribution in [3.8, 4) is 0 Å². The second-order valence-corrected chi connectivity index (χ2v) is 5.79. The average molecular weight is 301 g/mol. The van der Waals surface area contributed by atoms with Crippen molar-refractivity contribution in [3.63, 3.8) is 0 Å². The summed E-state index contributed by atoms with van der Waals surface area (Å²) in [5, 5.41) is 0. The van der Waals surface area contributed by atoms with Gasteiger partial charge in [0.2, 0.25) is 0 Å². The first-order valence-electron chi connectivity index (χ1n) is 11.9. The van der Waals surface area contributed by atoms with Crippen molar-refractivity contribution >= 4 is 18.4 Å². The molecule has 0 unspecified atom stereocenters. The number of rotatable bonds is 3. The first-order chi connectivity index (χ1) is 14.1. The molecule has 0 bridgehead atoms. The highest BCUT2D eigenvalue weighted by molar-refractivity contribution is 6.61. The van der Waals surface area contributed by atoms with Crippen LogP contribution in [0.1, 0.15) is 42.8 Å². The molecule has 0 N–H and O–H groups in total. The largest absolute Gasteiger partial charge is 0.514 e. The molecule has 0 aliphatic carbocycles. The minimum Gasteiger partial charge on any atom is -0.398 e. The Hall–Kier alpha value is -1.11. The zero-order valence-electron chi connectivity index (χ0n) is 23.2. The van der Waals surface area contributed by atoms with Crippen LogP contribution in [0.3, 0.4) is 0 Å².